The molecule has 0 aliphatic rings. The zero-order valence-electron chi connectivity index (χ0n) is 20.1. The third-order valence-corrected chi connectivity index (χ3v) is 21.6. The topological polar surface area (TPSA) is 56.8 Å². The second-order valence-corrected chi connectivity index (χ2v) is 26.5. The molecule has 166 valence electrons. The van der Waals surface area contributed by atoms with Crippen LogP contribution in [0.25, 0.3) is 0 Å². The van der Waals surface area contributed by atoms with Crippen molar-refractivity contribution in [3.63, 3.8) is 0 Å². The van der Waals surface area contributed by atoms with E-state index in [1.165, 1.54) is 0 Å². The van der Waals surface area contributed by atoms with Gasteiger partial charge in [0.2, 0.25) is 5.91 Å². The van der Waals surface area contributed by atoms with Gasteiger partial charge in [-0.2, -0.15) is 0 Å². The minimum atomic E-state index is -2.85. The molecule has 0 saturated heterocycles. The summed E-state index contributed by atoms with van der Waals surface area (Å²) < 4.78 is 20.6. The van der Waals surface area contributed by atoms with Crippen molar-refractivity contribution in [2.75, 3.05) is 6.54 Å². The van der Waals surface area contributed by atoms with E-state index in [2.05, 4.69) is 71.9 Å². The van der Waals surface area contributed by atoms with Gasteiger partial charge in [-0.3, -0.25) is 4.79 Å². The van der Waals surface area contributed by atoms with E-state index in [1.807, 2.05) is 0 Å². The maximum atomic E-state index is 11.8. The van der Waals surface area contributed by atoms with E-state index in [9.17, 15) is 4.79 Å². The van der Waals surface area contributed by atoms with Crippen molar-refractivity contribution < 1.29 is 17.1 Å². The van der Waals surface area contributed by atoms with E-state index < -0.39 is 33.8 Å². The number of hydrogen-bond donors (Lipinski definition) is 1. The Balaban J connectivity index is 5.67. The highest BCUT2D eigenvalue weighted by Gasteiger charge is 2.51. The zero-order chi connectivity index (χ0) is 22.2. The predicted molar refractivity (Wildman–Crippen MR) is 130 cm³/mol. The molecule has 28 heavy (non-hydrogen) atoms. The van der Waals surface area contributed by atoms with Gasteiger partial charge in [-0.25, -0.2) is 0 Å². The molecular weight excluding hydrogens is 419 g/mol. The molecule has 0 aromatic carbocycles. The molecule has 0 rings (SSSR count). The average Bonchev–Trinajstić information content (AvgIpc) is 2.57. The lowest BCUT2D eigenvalue weighted by Gasteiger charge is -2.44. The van der Waals surface area contributed by atoms with Crippen LogP contribution in [0, 0.1) is 0 Å². The molecule has 0 aromatic heterocycles. The van der Waals surface area contributed by atoms with Gasteiger partial charge in [-0.05, 0) is 70.8 Å². The summed E-state index contributed by atoms with van der Waals surface area (Å²) in [5.74, 6) is -0.0928. The molecule has 9 heteroatoms. The molecule has 1 N–H and O–H groups in total. The summed E-state index contributed by atoms with van der Waals surface area (Å²) in [6.07, 6.45) is 0.793. The molecule has 0 atom stereocenters. The van der Waals surface area contributed by atoms with E-state index in [-0.39, 0.29) is 5.91 Å². The van der Waals surface area contributed by atoms with Crippen LogP contribution >= 0.6 is 0 Å². The van der Waals surface area contributed by atoms with Crippen LogP contribution in [-0.4, -0.2) is 46.2 Å². The van der Waals surface area contributed by atoms with Crippen molar-refractivity contribution in [2.24, 2.45) is 0 Å². The van der Waals surface area contributed by atoms with Crippen LogP contribution in [0.3, 0.4) is 0 Å². The molecule has 0 aliphatic carbocycles. The Hall–Kier alpha value is -0.0425. The summed E-state index contributed by atoms with van der Waals surface area (Å²) in [5.41, 5.74) is 0.533. The predicted octanol–water partition coefficient (Wildman–Crippen LogP) is 5.73. The van der Waals surface area contributed by atoms with Crippen LogP contribution in [0.4, 0.5) is 0 Å². The normalized spacial score (nSPS) is 13.5. The first-order valence-corrected chi connectivity index (χ1v) is 21.9. The molecule has 0 bridgehead atoms. The summed E-state index contributed by atoms with van der Waals surface area (Å²) in [6, 6.07) is 3.85. The van der Waals surface area contributed by atoms with Gasteiger partial charge in [0.05, 0.1) is 0 Å². The van der Waals surface area contributed by atoms with Gasteiger partial charge >= 0.3 is 8.80 Å². The number of carbonyl (C=O) groups is 1. The van der Waals surface area contributed by atoms with Crippen LogP contribution in [-0.2, 0) is 17.1 Å². The monoisotopic (exact) mass is 463 g/mol. The van der Waals surface area contributed by atoms with Gasteiger partial charge in [0.15, 0.2) is 25.0 Å². The van der Waals surface area contributed by atoms with Gasteiger partial charge in [0, 0.05) is 18.2 Å². The lowest BCUT2D eigenvalue weighted by Crippen LogP contribution is -2.61. The van der Waals surface area contributed by atoms with E-state index in [1.54, 1.807) is 6.92 Å². The summed E-state index contributed by atoms with van der Waals surface area (Å²) >= 11 is 0. The van der Waals surface area contributed by atoms with Crippen molar-refractivity contribution in [1.82, 2.24) is 5.32 Å². The molecule has 0 unspecified atom stereocenters. The van der Waals surface area contributed by atoms with Gasteiger partial charge in [-0.1, -0.05) is 27.4 Å². The molecule has 0 radical (unpaired) electrons. The number of amides is 1. The Morgan fingerprint density at radius 3 is 1.46 bits per heavy atom. The lowest BCUT2D eigenvalue weighted by atomic mass is 10.3. The van der Waals surface area contributed by atoms with Crippen molar-refractivity contribution in [3.8, 4) is 0 Å². The third kappa shape index (κ3) is 10.7. The van der Waals surface area contributed by atoms with Gasteiger partial charge in [0.25, 0.3) is 0 Å². The Morgan fingerprint density at radius 1 is 0.821 bits per heavy atom. The van der Waals surface area contributed by atoms with Crippen molar-refractivity contribution in [1.29, 1.82) is 0 Å². The van der Waals surface area contributed by atoms with E-state index >= 15 is 0 Å². The van der Waals surface area contributed by atoms with Crippen LogP contribution < -0.4 is 5.32 Å². The Morgan fingerprint density at radius 2 is 1.18 bits per heavy atom. The highest BCUT2D eigenvalue weighted by atomic mass is 28.5. The summed E-state index contributed by atoms with van der Waals surface area (Å²) in [6.45, 7) is 26.1. The fraction of sp³-hybridized carbons (Fsp3) is 0.842. The van der Waals surface area contributed by atoms with Crippen LogP contribution in [0.5, 0.6) is 0 Å². The Labute approximate surface area is 178 Å². The minimum Gasteiger partial charge on any atom is -0.417 e. The maximum absolute atomic E-state index is 11.8. The molecule has 5 nitrogen and oxygen atoms in total. The molecule has 0 fully saturated rings. The van der Waals surface area contributed by atoms with Crippen LogP contribution in [0.2, 0.25) is 63.5 Å². The standard InChI is InChI=1S/C19H45NO4Si4/c1-12-25(6,7)22-28(23-26(8,9)13-2,24-27(10,11)14-3)17-15-16-20-19(21)18(4)5/h4,12-17H2,1-3,5-11H3,(H,20,21). The van der Waals surface area contributed by atoms with Gasteiger partial charge in [-0.15, -0.1) is 0 Å². The average molecular weight is 464 g/mol. The fourth-order valence-corrected chi connectivity index (χ4v) is 17.6. The lowest BCUT2D eigenvalue weighted by molar-refractivity contribution is -0.117. The highest BCUT2D eigenvalue weighted by Crippen LogP contribution is 2.32. The van der Waals surface area contributed by atoms with Crippen molar-refractivity contribution in [3.05, 3.63) is 12.2 Å². The van der Waals surface area contributed by atoms with Crippen molar-refractivity contribution in [2.45, 2.75) is 97.6 Å². The molecular formula is C19H45NO4Si4. The van der Waals surface area contributed by atoms with E-state index in [4.69, 9.17) is 12.3 Å². The van der Waals surface area contributed by atoms with Crippen LogP contribution in [0.15, 0.2) is 12.2 Å². The van der Waals surface area contributed by atoms with Crippen molar-refractivity contribution >= 4 is 39.7 Å². The third-order valence-electron chi connectivity index (χ3n) is 5.18. The largest absolute Gasteiger partial charge is 0.469 e. The quantitative estimate of drug-likeness (QED) is 0.203. The van der Waals surface area contributed by atoms with Gasteiger partial charge < -0.3 is 17.7 Å². The number of nitrogens with one attached hydrogen (secondary N) is 1. The molecule has 0 aromatic rings. The SMILES string of the molecule is C=C(C)C(=O)NCCC[Si](O[Si](C)(C)CC)(O[Si](C)(C)CC)O[Si](C)(C)CC. The molecule has 0 aliphatic heterocycles. The van der Waals surface area contributed by atoms with Gasteiger partial charge in [0.1, 0.15) is 0 Å². The number of carbonyl (C=O) groups excluding carboxylic acids is 1. The second kappa shape index (κ2) is 11.4. The van der Waals surface area contributed by atoms with E-state index in [0.29, 0.717) is 12.1 Å². The zero-order valence-corrected chi connectivity index (χ0v) is 24.1. The first-order valence-electron chi connectivity index (χ1n) is 10.7. The molecule has 0 heterocycles. The molecule has 1 amide bonds. The van der Waals surface area contributed by atoms with E-state index in [0.717, 1.165) is 30.6 Å². The first kappa shape index (κ1) is 28.0. The molecule has 0 saturated carbocycles. The van der Waals surface area contributed by atoms with Crippen LogP contribution in [0.1, 0.15) is 34.1 Å². The minimum absolute atomic E-state index is 0.0928. The Bertz CT molecular complexity index is 479. The molecule has 0 spiro atoms. The summed E-state index contributed by atoms with van der Waals surface area (Å²) in [7, 11) is -8.50. The Kier molecular flexibility index (Phi) is 11.4. The smallest absolute Gasteiger partial charge is 0.417 e. The summed E-state index contributed by atoms with van der Waals surface area (Å²) in [4.78, 5) is 11.8. The first-order chi connectivity index (χ1) is 12.6. The maximum Gasteiger partial charge on any atom is 0.469 e. The fourth-order valence-electron chi connectivity index (χ4n) is 2.35. The summed E-state index contributed by atoms with van der Waals surface area (Å²) in [5, 5.41) is 2.94. The number of rotatable bonds is 14. The number of hydrogen-bond acceptors (Lipinski definition) is 4. The highest BCUT2D eigenvalue weighted by molar-refractivity contribution is 6.90. The second-order valence-electron chi connectivity index (χ2n) is 9.47.